The summed E-state index contributed by atoms with van der Waals surface area (Å²) >= 11 is 3.14. The van der Waals surface area contributed by atoms with E-state index < -0.39 is 10.9 Å². The van der Waals surface area contributed by atoms with Crippen LogP contribution in [0.5, 0.6) is 11.8 Å². The minimum absolute atomic E-state index is 0.0393. The maximum absolute atomic E-state index is 10.9. The number of nitrogens with zero attached hydrogens (tertiary/aromatic N) is 3. The van der Waals surface area contributed by atoms with E-state index in [4.69, 9.17) is 9.84 Å². The van der Waals surface area contributed by atoms with Crippen LogP contribution in [-0.4, -0.2) is 26.0 Å². The zero-order valence-electron chi connectivity index (χ0n) is 10.6. The molecule has 0 aliphatic carbocycles. The Bertz CT molecular complexity index is 735. The van der Waals surface area contributed by atoms with Crippen molar-refractivity contribution < 1.29 is 19.6 Å². The molecule has 0 fully saturated rings. The second-order valence-corrected chi connectivity index (χ2v) is 4.88. The van der Waals surface area contributed by atoms with Crippen LogP contribution in [0.3, 0.4) is 0 Å². The lowest BCUT2D eigenvalue weighted by Crippen LogP contribution is -2.04. The average Bonchev–Trinajstić information content (AvgIpc) is 2.37. The predicted octanol–water partition coefficient (Wildman–Crippen LogP) is 2.95. The van der Waals surface area contributed by atoms with Gasteiger partial charge in [0.2, 0.25) is 0 Å². The maximum atomic E-state index is 10.9. The average molecular weight is 354 g/mol. The summed E-state index contributed by atoms with van der Waals surface area (Å²) in [6, 6.07) is 3.96. The van der Waals surface area contributed by atoms with Crippen molar-refractivity contribution in [3.05, 3.63) is 50.2 Å². The molecule has 0 radical (unpaired) electrons. The molecule has 0 atom stereocenters. The molecular formula is C12H8BrN3O5. The van der Waals surface area contributed by atoms with Gasteiger partial charge in [-0.3, -0.25) is 10.1 Å². The number of hydrogen-bond donors (Lipinski definition) is 1. The molecule has 1 N–H and O–H groups in total. The van der Waals surface area contributed by atoms with E-state index in [-0.39, 0.29) is 28.7 Å². The Morgan fingerprint density at radius 1 is 1.43 bits per heavy atom. The number of aryl methyl sites for hydroxylation is 1. The molecule has 8 nitrogen and oxygen atoms in total. The summed E-state index contributed by atoms with van der Waals surface area (Å²) in [7, 11) is 0. The van der Waals surface area contributed by atoms with Crippen LogP contribution < -0.4 is 4.74 Å². The minimum Gasteiger partial charge on any atom is -0.478 e. The van der Waals surface area contributed by atoms with Crippen molar-refractivity contribution in [3.63, 3.8) is 0 Å². The summed E-state index contributed by atoms with van der Waals surface area (Å²) in [5.74, 6) is -0.976. The molecule has 0 aliphatic heterocycles. The van der Waals surface area contributed by atoms with Gasteiger partial charge in [0.25, 0.3) is 5.69 Å². The van der Waals surface area contributed by atoms with Gasteiger partial charge in [0.15, 0.2) is 0 Å². The van der Waals surface area contributed by atoms with Crippen LogP contribution in [0.15, 0.2) is 28.9 Å². The van der Waals surface area contributed by atoms with Gasteiger partial charge >= 0.3 is 12.0 Å². The minimum atomic E-state index is -1.14. The number of aromatic nitrogens is 2. The second-order valence-electron chi connectivity index (χ2n) is 3.96. The summed E-state index contributed by atoms with van der Waals surface area (Å²) in [4.78, 5) is 28.7. The van der Waals surface area contributed by atoms with Crippen molar-refractivity contribution >= 4 is 27.6 Å². The largest absolute Gasteiger partial charge is 0.478 e. The van der Waals surface area contributed by atoms with Crippen molar-refractivity contribution in [3.8, 4) is 11.8 Å². The smallest absolute Gasteiger partial charge is 0.339 e. The third-order valence-electron chi connectivity index (χ3n) is 2.46. The molecule has 1 aromatic carbocycles. The van der Waals surface area contributed by atoms with Gasteiger partial charge in [0.05, 0.1) is 22.2 Å². The van der Waals surface area contributed by atoms with Crippen molar-refractivity contribution in [1.82, 2.24) is 9.97 Å². The Hall–Kier alpha value is -2.55. The summed E-state index contributed by atoms with van der Waals surface area (Å²) in [5, 5.41) is 19.6. The highest BCUT2D eigenvalue weighted by molar-refractivity contribution is 9.10. The zero-order chi connectivity index (χ0) is 15.6. The molecule has 0 unspecified atom stereocenters. The van der Waals surface area contributed by atoms with E-state index in [2.05, 4.69) is 25.9 Å². The van der Waals surface area contributed by atoms with Gasteiger partial charge < -0.3 is 9.84 Å². The lowest BCUT2D eigenvalue weighted by Gasteiger charge is -2.06. The Morgan fingerprint density at radius 3 is 2.71 bits per heavy atom. The molecule has 0 bridgehead atoms. The summed E-state index contributed by atoms with van der Waals surface area (Å²) in [6.45, 7) is 1.50. The Kier molecular flexibility index (Phi) is 4.13. The summed E-state index contributed by atoms with van der Waals surface area (Å²) in [5.41, 5.74) is 0.0397. The molecular weight excluding hydrogens is 346 g/mol. The number of non-ortho nitro benzene ring substituents is 1. The summed E-state index contributed by atoms with van der Waals surface area (Å²) < 4.78 is 5.78. The molecule has 0 amide bonds. The van der Waals surface area contributed by atoms with E-state index in [0.717, 1.165) is 6.20 Å². The fraction of sp³-hybridized carbons (Fsp3) is 0.0833. The summed E-state index contributed by atoms with van der Waals surface area (Å²) in [6.07, 6.45) is 1.12. The molecule has 1 heterocycles. The quantitative estimate of drug-likeness (QED) is 0.663. The fourth-order valence-corrected chi connectivity index (χ4v) is 1.98. The third-order valence-corrected chi connectivity index (χ3v) is 2.92. The molecule has 0 spiro atoms. The van der Waals surface area contributed by atoms with Gasteiger partial charge in [-0.05, 0) is 13.0 Å². The van der Waals surface area contributed by atoms with Crippen molar-refractivity contribution in [2.24, 2.45) is 0 Å². The number of hydrogen-bond acceptors (Lipinski definition) is 6. The van der Waals surface area contributed by atoms with Gasteiger partial charge in [-0.25, -0.2) is 9.78 Å². The van der Waals surface area contributed by atoms with Gasteiger partial charge in [-0.15, -0.1) is 0 Å². The Balaban J connectivity index is 2.32. The third kappa shape index (κ3) is 3.51. The van der Waals surface area contributed by atoms with Gasteiger partial charge in [-0.2, -0.15) is 4.98 Å². The maximum Gasteiger partial charge on any atom is 0.339 e. The molecule has 21 heavy (non-hydrogen) atoms. The SMILES string of the molecule is Cc1nc(Oc2cc(Br)cc([N+](=O)[O-])c2)ncc1C(=O)O. The normalized spacial score (nSPS) is 10.2. The lowest BCUT2D eigenvalue weighted by atomic mass is 10.2. The number of carbonyl (C=O) groups is 1. The molecule has 0 saturated heterocycles. The van der Waals surface area contributed by atoms with Crippen LogP contribution in [-0.2, 0) is 0 Å². The van der Waals surface area contributed by atoms with E-state index in [1.165, 1.54) is 25.1 Å². The highest BCUT2D eigenvalue weighted by atomic mass is 79.9. The number of nitro benzene ring substituents is 1. The molecule has 2 rings (SSSR count). The van der Waals surface area contributed by atoms with E-state index in [1.807, 2.05) is 0 Å². The first-order chi connectivity index (χ1) is 9.86. The predicted molar refractivity (Wildman–Crippen MR) is 74.6 cm³/mol. The van der Waals surface area contributed by atoms with Crippen molar-refractivity contribution in [2.45, 2.75) is 6.92 Å². The van der Waals surface area contributed by atoms with Crippen LogP contribution >= 0.6 is 15.9 Å². The first-order valence-corrected chi connectivity index (χ1v) is 6.36. The van der Waals surface area contributed by atoms with Crippen LogP contribution in [0, 0.1) is 17.0 Å². The van der Waals surface area contributed by atoms with E-state index in [1.54, 1.807) is 0 Å². The highest BCUT2D eigenvalue weighted by Crippen LogP contribution is 2.28. The number of carboxylic acids is 1. The van der Waals surface area contributed by atoms with Crippen LogP contribution in [0.4, 0.5) is 5.69 Å². The molecule has 1 aromatic heterocycles. The number of nitro groups is 1. The Morgan fingerprint density at radius 2 is 2.14 bits per heavy atom. The number of ether oxygens (including phenoxy) is 1. The number of halogens is 1. The number of aromatic carboxylic acids is 1. The van der Waals surface area contributed by atoms with E-state index >= 15 is 0 Å². The fourth-order valence-electron chi connectivity index (χ4n) is 1.52. The topological polar surface area (TPSA) is 115 Å². The van der Waals surface area contributed by atoms with Gasteiger partial charge in [0, 0.05) is 16.7 Å². The van der Waals surface area contributed by atoms with E-state index in [9.17, 15) is 14.9 Å². The second kappa shape index (κ2) is 5.83. The highest BCUT2D eigenvalue weighted by Gasteiger charge is 2.13. The monoisotopic (exact) mass is 353 g/mol. The lowest BCUT2D eigenvalue weighted by molar-refractivity contribution is -0.385. The van der Waals surface area contributed by atoms with Gasteiger partial charge in [-0.1, -0.05) is 15.9 Å². The molecule has 9 heteroatoms. The Labute approximate surface area is 126 Å². The zero-order valence-corrected chi connectivity index (χ0v) is 12.2. The van der Waals surface area contributed by atoms with E-state index in [0.29, 0.717) is 4.47 Å². The number of carboxylic acid groups (broad SMARTS) is 1. The van der Waals surface area contributed by atoms with Gasteiger partial charge in [0.1, 0.15) is 5.75 Å². The van der Waals surface area contributed by atoms with Crippen LogP contribution in [0.2, 0.25) is 0 Å². The first-order valence-electron chi connectivity index (χ1n) is 5.56. The standard InChI is InChI=1S/C12H8BrN3O5/c1-6-10(11(17)18)5-14-12(15-6)21-9-3-7(13)2-8(4-9)16(19)20/h2-5H,1H3,(H,17,18). The molecule has 0 saturated carbocycles. The molecule has 0 aliphatic rings. The van der Waals surface area contributed by atoms with Crippen LogP contribution in [0.1, 0.15) is 16.1 Å². The number of benzene rings is 1. The first kappa shape index (κ1) is 14.9. The number of rotatable bonds is 4. The van der Waals surface area contributed by atoms with Crippen molar-refractivity contribution in [1.29, 1.82) is 0 Å². The molecule has 2 aromatic rings. The van der Waals surface area contributed by atoms with Crippen LogP contribution in [0.25, 0.3) is 0 Å². The molecule has 108 valence electrons. The van der Waals surface area contributed by atoms with Crippen molar-refractivity contribution in [2.75, 3.05) is 0 Å².